The number of aryl methyl sites for hydroxylation is 1. The highest BCUT2D eigenvalue weighted by Crippen LogP contribution is 2.33. The minimum absolute atomic E-state index is 0.156. The summed E-state index contributed by atoms with van der Waals surface area (Å²) in [4.78, 5) is 26.1. The molecule has 0 radical (unpaired) electrons. The molecule has 0 saturated carbocycles. The standard InChI is InChI=1S/C22H24F3N5O2/c1-13-10-15(22(23,24)25)12-16(11-13)27-19-18-17(2-6-26-20(18)32)28-21(29-19)30-7-3-14(4-8-30)5-9-31/h2,6,10-12,14,31H,3-5,7-9H2,1H3,(H,26,32)(H,27,28,29). The topological polar surface area (TPSA) is 94.1 Å². The van der Waals surface area contributed by atoms with Crippen molar-refractivity contribution in [2.24, 2.45) is 5.92 Å². The van der Waals surface area contributed by atoms with Crippen molar-refractivity contribution >= 4 is 28.4 Å². The average molecular weight is 447 g/mol. The van der Waals surface area contributed by atoms with Gasteiger partial charge in [-0.25, -0.2) is 4.98 Å². The third-order valence-electron chi connectivity index (χ3n) is 5.71. The zero-order valence-corrected chi connectivity index (χ0v) is 17.5. The molecule has 4 rings (SSSR count). The van der Waals surface area contributed by atoms with Crippen molar-refractivity contribution in [3.05, 3.63) is 51.9 Å². The summed E-state index contributed by atoms with van der Waals surface area (Å²) in [5.41, 5.74) is -0.184. The van der Waals surface area contributed by atoms with E-state index in [1.54, 1.807) is 19.1 Å². The molecule has 0 aliphatic carbocycles. The first-order valence-electron chi connectivity index (χ1n) is 10.5. The number of aromatic nitrogens is 3. The molecule has 7 nitrogen and oxygen atoms in total. The number of fused-ring (bicyclic) bond motifs is 1. The number of nitrogens with one attached hydrogen (secondary N) is 2. The quantitative estimate of drug-likeness (QED) is 0.548. The van der Waals surface area contributed by atoms with Gasteiger partial charge in [0.15, 0.2) is 0 Å². The molecule has 170 valence electrons. The fraction of sp³-hybridized carbons (Fsp3) is 0.409. The number of H-pyrrole nitrogens is 1. The van der Waals surface area contributed by atoms with E-state index >= 15 is 0 Å². The van der Waals surface area contributed by atoms with Gasteiger partial charge in [0, 0.05) is 31.6 Å². The second kappa shape index (κ2) is 8.78. The van der Waals surface area contributed by atoms with Crippen LogP contribution in [0, 0.1) is 12.8 Å². The smallest absolute Gasteiger partial charge is 0.396 e. The first kappa shape index (κ1) is 22.1. The predicted molar refractivity (Wildman–Crippen MR) is 116 cm³/mol. The summed E-state index contributed by atoms with van der Waals surface area (Å²) in [6.45, 7) is 3.13. The highest BCUT2D eigenvalue weighted by molar-refractivity contribution is 5.91. The number of pyridine rings is 1. The number of halogens is 3. The molecule has 3 aromatic rings. The minimum atomic E-state index is -4.49. The molecule has 0 amide bonds. The largest absolute Gasteiger partial charge is 0.416 e. The normalized spacial score (nSPS) is 15.3. The first-order chi connectivity index (χ1) is 15.2. The zero-order valence-electron chi connectivity index (χ0n) is 17.5. The molecule has 0 spiro atoms. The van der Waals surface area contributed by atoms with Gasteiger partial charge in [-0.3, -0.25) is 4.79 Å². The van der Waals surface area contributed by atoms with Gasteiger partial charge in [0.25, 0.3) is 5.56 Å². The van der Waals surface area contributed by atoms with Gasteiger partial charge < -0.3 is 20.3 Å². The monoisotopic (exact) mass is 447 g/mol. The second-order valence-corrected chi connectivity index (χ2v) is 8.09. The van der Waals surface area contributed by atoms with Crippen LogP contribution in [0.15, 0.2) is 35.3 Å². The lowest BCUT2D eigenvalue weighted by molar-refractivity contribution is -0.137. The molecule has 0 bridgehead atoms. The number of alkyl halides is 3. The maximum Gasteiger partial charge on any atom is 0.416 e. The van der Waals surface area contributed by atoms with Crippen molar-refractivity contribution in [3.63, 3.8) is 0 Å². The number of aromatic amines is 1. The third kappa shape index (κ3) is 4.69. The third-order valence-corrected chi connectivity index (χ3v) is 5.71. The molecule has 1 saturated heterocycles. The van der Waals surface area contributed by atoms with Crippen LogP contribution >= 0.6 is 0 Å². The van der Waals surface area contributed by atoms with Gasteiger partial charge in [-0.1, -0.05) is 0 Å². The van der Waals surface area contributed by atoms with E-state index in [0.717, 1.165) is 31.4 Å². The molecular weight excluding hydrogens is 423 g/mol. The Bertz CT molecular complexity index is 1170. The van der Waals surface area contributed by atoms with Crippen LogP contribution in [0.4, 0.5) is 30.6 Å². The summed E-state index contributed by atoms with van der Waals surface area (Å²) in [5.74, 6) is 1.00. The number of piperidine rings is 1. The van der Waals surface area contributed by atoms with Gasteiger partial charge in [-0.05, 0) is 61.9 Å². The van der Waals surface area contributed by atoms with Crippen LogP contribution in [-0.4, -0.2) is 39.8 Å². The van der Waals surface area contributed by atoms with E-state index in [-0.39, 0.29) is 23.5 Å². The zero-order chi connectivity index (χ0) is 22.9. The summed E-state index contributed by atoms with van der Waals surface area (Å²) < 4.78 is 39.8. The number of aliphatic hydroxyl groups excluding tert-OH is 1. The molecule has 1 fully saturated rings. The van der Waals surface area contributed by atoms with Crippen LogP contribution in [0.3, 0.4) is 0 Å². The number of aliphatic hydroxyl groups is 1. The highest BCUT2D eigenvalue weighted by atomic mass is 19.4. The highest BCUT2D eigenvalue weighted by Gasteiger charge is 2.31. The number of rotatable bonds is 5. The number of benzene rings is 1. The molecule has 0 unspecified atom stereocenters. The van der Waals surface area contributed by atoms with Crippen molar-refractivity contribution < 1.29 is 18.3 Å². The van der Waals surface area contributed by atoms with Gasteiger partial charge in [-0.15, -0.1) is 0 Å². The summed E-state index contributed by atoms with van der Waals surface area (Å²) in [7, 11) is 0. The van der Waals surface area contributed by atoms with Crippen LogP contribution in [0.25, 0.3) is 10.9 Å². The number of hydrogen-bond acceptors (Lipinski definition) is 6. The molecule has 1 aromatic carbocycles. The molecule has 2 aromatic heterocycles. The molecule has 32 heavy (non-hydrogen) atoms. The van der Waals surface area contributed by atoms with E-state index < -0.39 is 17.3 Å². The summed E-state index contributed by atoms with van der Waals surface area (Å²) in [6, 6.07) is 5.28. The van der Waals surface area contributed by atoms with Crippen molar-refractivity contribution in [1.29, 1.82) is 0 Å². The van der Waals surface area contributed by atoms with Crippen LogP contribution in [-0.2, 0) is 6.18 Å². The summed E-state index contributed by atoms with van der Waals surface area (Å²) in [5, 5.41) is 12.3. The lowest BCUT2D eigenvalue weighted by Gasteiger charge is -2.32. The fourth-order valence-electron chi connectivity index (χ4n) is 4.07. The lowest BCUT2D eigenvalue weighted by Crippen LogP contribution is -2.35. The fourth-order valence-corrected chi connectivity index (χ4v) is 4.07. The molecular formula is C22H24F3N5O2. The van der Waals surface area contributed by atoms with Crippen molar-refractivity contribution in [2.45, 2.75) is 32.4 Å². The Labute approximate surface area is 182 Å². The number of anilines is 3. The molecule has 1 aliphatic rings. The number of nitrogens with zero attached hydrogens (tertiary/aromatic N) is 3. The maximum absolute atomic E-state index is 13.3. The van der Waals surface area contributed by atoms with Gasteiger partial charge in [0.05, 0.1) is 11.1 Å². The molecule has 3 heterocycles. The van der Waals surface area contributed by atoms with E-state index in [1.165, 1.54) is 6.20 Å². The Morgan fingerprint density at radius 1 is 1.22 bits per heavy atom. The Morgan fingerprint density at radius 2 is 1.97 bits per heavy atom. The van der Waals surface area contributed by atoms with Crippen LogP contribution in [0.5, 0.6) is 0 Å². The van der Waals surface area contributed by atoms with Crippen LogP contribution < -0.4 is 15.8 Å². The van der Waals surface area contributed by atoms with E-state index in [4.69, 9.17) is 5.11 Å². The average Bonchev–Trinajstić information content (AvgIpc) is 2.73. The summed E-state index contributed by atoms with van der Waals surface area (Å²) in [6.07, 6.45) is -0.492. The Balaban J connectivity index is 1.73. The Hall–Kier alpha value is -3.14. The molecule has 1 aliphatic heterocycles. The second-order valence-electron chi connectivity index (χ2n) is 8.09. The Kier molecular flexibility index (Phi) is 6.05. The van der Waals surface area contributed by atoms with Gasteiger partial charge >= 0.3 is 6.18 Å². The van der Waals surface area contributed by atoms with Crippen LogP contribution in [0.1, 0.15) is 30.4 Å². The number of hydrogen-bond donors (Lipinski definition) is 3. The minimum Gasteiger partial charge on any atom is -0.396 e. The van der Waals surface area contributed by atoms with Crippen molar-refractivity contribution in [3.8, 4) is 0 Å². The van der Waals surface area contributed by atoms with Crippen LogP contribution in [0.2, 0.25) is 0 Å². The SMILES string of the molecule is Cc1cc(Nc2nc(N3CCC(CCO)CC3)nc3cc[nH]c(=O)c23)cc(C(F)(F)F)c1. The van der Waals surface area contributed by atoms with E-state index in [2.05, 4.69) is 20.3 Å². The van der Waals surface area contributed by atoms with Gasteiger partial charge in [-0.2, -0.15) is 18.2 Å². The van der Waals surface area contributed by atoms with Crippen molar-refractivity contribution in [1.82, 2.24) is 15.0 Å². The molecule has 3 N–H and O–H groups in total. The van der Waals surface area contributed by atoms with E-state index in [0.29, 0.717) is 36.0 Å². The van der Waals surface area contributed by atoms with Crippen molar-refractivity contribution in [2.75, 3.05) is 29.9 Å². The van der Waals surface area contributed by atoms with Gasteiger partial charge in [0.2, 0.25) is 5.95 Å². The molecule has 0 atom stereocenters. The van der Waals surface area contributed by atoms with E-state index in [1.807, 2.05) is 4.90 Å². The lowest BCUT2D eigenvalue weighted by atomic mass is 9.94. The van der Waals surface area contributed by atoms with E-state index in [9.17, 15) is 18.0 Å². The Morgan fingerprint density at radius 3 is 2.66 bits per heavy atom. The predicted octanol–water partition coefficient (Wildman–Crippen LogP) is 3.99. The molecule has 10 heteroatoms. The maximum atomic E-state index is 13.3. The summed E-state index contributed by atoms with van der Waals surface area (Å²) >= 11 is 0. The van der Waals surface area contributed by atoms with Gasteiger partial charge in [0.1, 0.15) is 11.2 Å². The first-order valence-corrected chi connectivity index (χ1v) is 10.5.